The van der Waals surface area contributed by atoms with Gasteiger partial charge in [0.05, 0.1) is 5.69 Å². The van der Waals surface area contributed by atoms with E-state index >= 15 is 0 Å². The van der Waals surface area contributed by atoms with Gasteiger partial charge in [0.1, 0.15) is 0 Å². The van der Waals surface area contributed by atoms with Gasteiger partial charge >= 0.3 is 0 Å². The van der Waals surface area contributed by atoms with Gasteiger partial charge in [-0.2, -0.15) is 5.10 Å². The molecule has 0 aliphatic carbocycles. The van der Waals surface area contributed by atoms with Gasteiger partial charge in [-0.15, -0.1) is 0 Å². The third kappa shape index (κ3) is 3.72. The molecule has 4 nitrogen and oxygen atoms in total. The van der Waals surface area contributed by atoms with E-state index in [0.717, 1.165) is 25.4 Å². The van der Waals surface area contributed by atoms with Gasteiger partial charge in [-0.25, -0.2) is 0 Å². The van der Waals surface area contributed by atoms with Gasteiger partial charge in [0.25, 0.3) is 0 Å². The average Bonchev–Trinajstić information content (AvgIpc) is 2.75. The smallest absolute Gasteiger partial charge is 0.0641 e. The molecule has 4 heteroatoms. The molecule has 22 heavy (non-hydrogen) atoms. The van der Waals surface area contributed by atoms with Crippen molar-refractivity contribution >= 4 is 0 Å². The maximum atomic E-state index is 4.72. The summed E-state index contributed by atoms with van der Waals surface area (Å²) in [6.07, 6.45) is 2.43. The summed E-state index contributed by atoms with van der Waals surface area (Å²) in [5.41, 5.74) is 3.99. The van der Waals surface area contributed by atoms with Gasteiger partial charge in [0, 0.05) is 36.9 Å². The molecule has 0 saturated carbocycles. The van der Waals surface area contributed by atoms with Crippen molar-refractivity contribution in [3.8, 4) is 0 Å². The number of piperidine rings is 1. The number of aryl methyl sites for hydroxylation is 2. The summed E-state index contributed by atoms with van der Waals surface area (Å²) in [6, 6.07) is 0.691. The van der Waals surface area contributed by atoms with Crippen molar-refractivity contribution in [1.82, 2.24) is 19.6 Å². The van der Waals surface area contributed by atoms with E-state index in [1.165, 1.54) is 43.0 Å². The largest absolute Gasteiger partial charge is 0.303 e. The minimum absolute atomic E-state index is 0.691. The average molecular weight is 306 g/mol. The van der Waals surface area contributed by atoms with Crippen LogP contribution >= 0.6 is 0 Å². The second-order valence-corrected chi connectivity index (χ2v) is 7.01. The molecule has 0 aromatic carbocycles. The number of nitrogens with zero attached hydrogens (tertiary/aromatic N) is 4. The minimum Gasteiger partial charge on any atom is -0.303 e. The topological polar surface area (TPSA) is 24.3 Å². The molecule has 2 atom stereocenters. The van der Waals surface area contributed by atoms with Crippen LogP contribution in [-0.4, -0.2) is 52.3 Å². The van der Waals surface area contributed by atoms with Crippen LogP contribution in [0.3, 0.4) is 0 Å². The first kappa shape index (κ1) is 17.5. The van der Waals surface area contributed by atoms with Crippen molar-refractivity contribution in [3.05, 3.63) is 17.0 Å². The van der Waals surface area contributed by atoms with Crippen molar-refractivity contribution in [2.45, 2.75) is 66.6 Å². The summed E-state index contributed by atoms with van der Waals surface area (Å²) in [5, 5.41) is 4.72. The van der Waals surface area contributed by atoms with Gasteiger partial charge in [0.2, 0.25) is 0 Å². The highest BCUT2D eigenvalue weighted by Gasteiger charge is 2.29. The maximum absolute atomic E-state index is 4.72. The van der Waals surface area contributed by atoms with Gasteiger partial charge < -0.3 is 4.90 Å². The van der Waals surface area contributed by atoms with E-state index in [2.05, 4.69) is 56.1 Å². The van der Waals surface area contributed by atoms with Gasteiger partial charge in [-0.3, -0.25) is 9.58 Å². The van der Waals surface area contributed by atoms with Crippen LogP contribution < -0.4 is 0 Å². The van der Waals surface area contributed by atoms with Gasteiger partial charge in [0.15, 0.2) is 0 Å². The molecular formula is C18H34N4. The molecule has 0 radical (unpaired) electrons. The summed E-state index contributed by atoms with van der Waals surface area (Å²) >= 11 is 0. The molecule has 0 amide bonds. The number of aromatic nitrogens is 2. The SMILES string of the molecule is CCCn1nc(C)c(CN(C)[C@@H]2CCN(CC)C[C@@H]2C)c1C. The molecule has 0 unspecified atom stereocenters. The predicted molar refractivity (Wildman–Crippen MR) is 93.1 cm³/mol. The maximum Gasteiger partial charge on any atom is 0.0641 e. The Hall–Kier alpha value is -0.870. The van der Waals surface area contributed by atoms with Crippen LogP contribution in [0.25, 0.3) is 0 Å². The van der Waals surface area contributed by atoms with Crippen molar-refractivity contribution in [3.63, 3.8) is 0 Å². The fourth-order valence-corrected chi connectivity index (χ4v) is 3.92. The lowest BCUT2D eigenvalue weighted by atomic mass is 9.92. The number of hydrogen-bond donors (Lipinski definition) is 0. The van der Waals surface area contributed by atoms with E-state index in [-0.39, 0.29) is 0 Å². The molecule has 126 valence electrons. The van der Waals surface area contributed by atoms with E-state index in [0.29, 0.717) is 6.04 Å². The van der Waals surface area contributed by atoms with Crippen LogP contribution in [0, 0.1) is 19.8 Å². The molecule has 2 rings (SSSR count). The highest BCUT2D eigenvalue weighted by Crippen LogP contribution is 2.24. The molecule has 1 aromatic heterocycles. The second kappa shape index (κ2) is 7.60. The quantitative estimate of drug-likeness (QED) is 0.807. The third-order valence-electron chi connectivity index (χ3n) is 5.33. The first-order chi connectivity index (χ1) is 10.5. The van der Waals surface area contributed by atoms with E-state index in [1.54, 1.807) is 0 Å². The zero-order chi connectivity index (χ0) is 16.3. The molecule has 0 spiro atoms. The van der Waals surface area contributed by atoms with Crippen molar-refractivity contribution in [2.24, 2.45) is 5.92 Å². The molecule has 1 aromatic rings. The van der Waals surface area contributed by atoms with Gasteiger partial charge in [-0.05, 0) is 52.7 Å². The Bertz CT molecular complexity index is 480. The molecule has 0 N–H and O–H groups in total. The Morgan fingerprint density at radius 1 is 1.27 bits per heavy atom. The fraction of sp³-hybridized carbons (Fsp3) is 0.833. The molecule has 0 bridgehead atoms. The summed E-state index contributed by atoms with van der Waals surface area (Å²) in [5.74, 6) is 0.741. The Morgan fingerprint density at radius 2 is 2.00 bits per heavy atom. The van der Waals surface area contributed by atoms with E-state index in [1.807, 2.05) is 0 Å². The van der Waals surface area contributed by atoms with Crippen LogP contribution in [0.5, 0.6) is 0 Å². The van der Waals surface area contributed by atoms with Crippen molar-refractivity contribution in [2.75, 3.05) is 26.7 Å². The van der Waals surface area contributed by atoms with Crippen LogP contribution in [0.1, 0.15) is 50.6 Å². The number of hydrogen-bond acceptors (Lipinski definition) is 3. The number of likely N-dealkylation sites (tertiary alicyclic amines) is 1. The van der Waals surface area contributed by atoms with E-state index in [9.17, 15) is 0 Å². The summed E-state index contributed by atoms with van der Waals surface area (Å²) in [6.45, 7) is 17.0. The monoisotopic (exact) mass is 306 g/mol. The molecular weight excluding hydrogens is 272 g/mol. The molecule has 1 aliphatic rings. The zero-order valence-corrected chi connectivity index (χ0v) is 15.4. The van der Waals surface area contributed by atoms with Crippen LogP contribution in [-0.2, 0) is 13.1 Å². The molecule has 1 fully saturated rings. The first-order valence-corrected chi connectivity index (χ1v) is 8.93. The third-order valence-corrected chi connectivity index (χ3v) is 5.33. The molecule has 2 heterocycles. The number of rotatable bonds is 6. The lowest BCUT2D eigenvalue weighted by Gasteiger charge is -2.41. The van der Waals surface area contributed by atoms with Gasteiger partial charge in [-0.1, -0.05) is 20.8 Å². The van der Waals surface area contributed by atoms with Crippen LogP contribution in [0.2, 0.25) is 0 Å². The Labute approximate surface area is 136 Å². The minimum atomic E-state index is 0.691. The Morgan fingerprint density at radius 3 is 2.59 bits per heavy atom. The molecule has 1 saturated heterocycles. The standard InChI is InChI=1S/C18H34N4/c1-7-10-22-16(5)17(15(4)19-22)13-20(6)18-9-11-21(8-2)12-14(18)3/h14,18H,7-13H2,1-6H3/t14-,18+/m0/s1. The van der Waals surface area contributed by atoms with E-state index < -0.39 is 0 Å². The highest BCUT2D eigenvalue weighted by atomic mass is 15.3. The van der Waals surface area contributed by atoms with E-state index in [4.69, 9.17) is 5.10 Å². The Kier molecular flexibility index (Phi) is 6.04. The Balaban J connectivity index is 2.04. The fourth-order valence-electron chi connectivity index (χ4n) is 3.92. The normalized spacial score (nSPS) is 23.4. The van der Waals surface area contributed by atoms with Crippen LogP contribution in [0.4, 0.5) is 0 Å². The molecule has 1 aliphatic heterocycles. The second-order valence-electron chi connectivity index (χ2n) is 7.01. The van der Waals surface area contributed by atoms with Crippen molar-refractivity contribution < 1.29 is 0 Å². The summed E-state index contributed by atoms with van der Waals surface area (Å²) < 4.78 is 2.18. The summed E-state index contributed by atoms with van der Waals surface area (Å²) in [7, 11) is 2.29. The summed E-state index contributed by atoms with van der Waals surface area (Å²) in [4.78, 5) is 5.13. The predicted octanol–water partition coefficient (Wildman–Crippen LogP) is 3.07. The zero-order valence-electron chi connectivity index (χ0n) is 15.4. The van der Waals surface area contributed by atoms with Crippen molar-refractivity contribution in [1.29, 1.82) is 0 Å². The highest BCUT2D eigenvalue weighted by molar-refractivity contribution is 5.24. The lowest BCUT2D eigenvalue weighted by Crippen LogP contribution is -2.48. The lowest BCUT2D eigenvalue weighted by molar-refractivity contribution is 0.0785. The first-order valence-electron chi connectivity index (χ1n) is 8.93. The van der Waals surface area contributed by atoms with Crippen LogP contribution in [0.15, 0.2) is 0 Å².